The minimum atomic E-state index is -0.806. The first-order valence-electron chi connectivity index (χ1n) is 8.08. The first-order chi connectivity index (χ1) is 10.4. The molecule has 0 amide bonds. The summed E-state index contributed by atoms with van der Waals surface area (Å²) in [5.41, 5.74) is 2.29. The highest BCUT2D eigenvalue weighted by Gasteiger charge is 2.28. The van der Waals surface area contributed by atoms with Crippen molar-refractivity contribution in [2.45, 2.75) is 71.1 Å². The third-order valence-corrected chi connectivity index (χ3v) is 4.38. The Balaban J connectivity index is 3.56. The lowest BCUT2D eigenvalue weighted by atomic mass is 9.76. The van der Waals surface area contributed by atoms with Crippen molar-refractivity contribution in [1.29, 1.82) is 0 Å². The molecule has 4 heteroatoms. The summed E-state index contributed by atoms with van der Waals surface area (Å²) in [7, 11) is 0. The molecule has 0 aliphatic carbocycles. The van der Waals surface area contributed by atoms with Gasteiger partial charge >= 0.3 is 5.97 Å². The number of aromatic hydroxyl groups is 1. The molecule has 0 saturated heterocycles. The van der Waals surface area contributed by atoms with E-state index in [0.29, 0.717) is 17.9 Å². The van der Waals surface area contributed by atoms with Crippen molar-refractivity contribution in [3.05, 3.63) is 28.8 Å². The fourth-order valence-electron chi connectivity index (χ4n) is 2.79. The van der Waals surface area contributed by atoms with Crippen molar-refractivity contribution in [3.8, 4) is 5.75 Å². The van der Waals surface area contributed by atoms with E-state index in [2.05, 4.69) is 54.2 Å². The Morgan fingerprint density at radius 3 is 1.83 bits per heavy atom. The van der Waals surface area contributed by atoms with E-state index >= 15 is 0 Å². The van der Waals surface area contributed by atoms with Crippen LogP contribution in [0.4, 0.5) is 0 Å². The standard InChI is InChI=1S/C19H30O3S/c1-18(2,3)14-9-13(12(7-8-23)11-16(20)21)10-15(17(14)22)19(4,5)6/h9-10,12,22-23H,7-8,11H2,1-6H3,(H,20,21). The molecule has 2 N–H and O–H groups in total. The van der Waals surface area contributed by atoms with Gasteiger partial charge in [-0.2, -0.15) is 12.6 Å². The maximum Gasteiger partial charge on any atom is 0.303 e. The van der Waals surface area contributed by atoms with Crippen LogP contribution in [0.1, 0.15) is 77.0 Å². The van der Waals surface area contributed by atoms with Crippen LogP contribution < -0.4 is 0 Å². The van der Waals surface area contributed by atoms with E-state index in [1.165, 1.54) is 0 Å². The normalized spacial score (nSPS) is 13.9. The van der Waals surface area contributed by atoms with Crippen molar-refractivity contribution in [3.63, 3.8) is 0 Å². The second kappa shape index (κ2) is 7.16. The summed E-state index contributed by atoms with van der Waals surface area (Å²) in [5, 5.41) is 20.0. The summed E-state index contributed by atoms with van der Waals surface area (Å²) in [6, 6.07) is 3.95. The number of hydrogen-bond acceptors (Lipinski definition) is 3. The van der Waals surface area contributed by atoms with Crippen LogP contribution >= 0.6 is 12.6 Å². The third-order valence-electron chi connectivity index (χ3n) is 4.12. The molecule has 1 rings (SSSR count). The first-order valence-corrected chi connectivity index (χ1v) is 8.71. The Morgan fingerprint density at radius 1 is 1.09 bits per heavy atom. The molecule has 1 aromatic rings. The van der Waals surface area contributed by atoms with Crippen molar-refractivity contribution in [2.75, 3.05) is 5.75 Å². The van der Waals surface area contributed by atoms with Crippen molar-refractivity contribution in [1.82, 2.24) is 0 Å². The highest BCUT2D eigenvalue weighted by molar-refractivity contribution is 7.80. The number of carboxylic acid groups (broad SMARTS) is 1. The van der Waals surface area contributed by atoms with Crippen LogP contribution in [-0.2, 0) is 15.6 Å². The predicted molar refractivity (Wildman–Crippen MR) is 99.0 cm³/mol. The largest absolute Gasteiger partial charge is 0.507 e. The Labute approximate surface area is 145 Å². The summed E-state index contributed by atoms with van der Waals surface area (Å²) < 4.78 is 0. The molecule has 0 aliphatic rings. The molecule has 0 saturated carbocycles. The van der Waals surface area contributed by atoms with Crippen molar-refractivity contribution < 1.29 is 15.0 Å². The first kappa shape index (κ1) is 19.9. The number of carboxylic acids is 1. The minimum Gasteiger partial charge on any atom is -0.507 e. The van der Waals surface area contributed by atoms with Gasteiger partial charge in [0.25, 0.3) is 0 Å². The SMILES string of the molecule is CC(C)(C)c1cc(C(CCS)CC(=O)O)cc(C(C)(C)C)c1O. The van der Waals surface area contributed by atoms with Crippen LogP contribution in [0.25, 0.3) is 0 Å². The third kappa shape index (κ3) is 5.17. The van der Waals surface area contributed by atoms with Gasteiger partial charge in [-0.05, 0) is 45.6 Å². The number of carbonyl (C=O) groups is 1. The van der Waals surface area contributed by atoms with E-state index in [9.17, 15) is 15.0 Å². The Morgan fingerprint density at radius 2 is 1.52 bits per heavy atom. The second-order valence-electron chi connectivity index (χ2n) is 8.27. The lowest BCUT2D eigenvalue weighted by Crippen LogP contribution is -2.19. The van der Waals surface area contributed by atoms with Crippen LogP contribution in [0.2, 0.25) is 0 Å². The van der Waals surface area contributed by atoms with Gasteiger partial charge < -0.3 is 10.2 Å². The summed E-state index contributed by atoms with van der Waals surface area (Å²) in [6.45, 7) is 12.4. The summed E-state index contributed by atoms with van der Waals surface area (Å²) >= 11 is 4.28. The van der Waals surface area contributed by atoms with E-state index in [1.54, 1.807) is 0 Å². The quantitative estimate of drug-likeness (QED) is 0.672. The molecule has 23 heavy (non-hydrogen) atoms. The maximum atomic E-state index is 11.2. The van der Waals surface area contributed by atoms with E-state index in [0.717, 1.165) is 16.7 Å². The molecule has 0 aromatic heterocycles. The molecule has 0 bridgehead atoms. The molecule has 1 atom stereocenters. The molecule has 0 aliphatic heterocycles. The molecule has 130 valence electrons. The minimum absolute atomic E-state index is 0.0818. The lowest BCUT2D eigenvalue weighted by Gasteiger charge is -2.29. The van der Waals surface area contributed by atoms with Gasteiger partial charge in [-0.25, -0.2) is 0 Å². The van der Waals surface area contributed by atoms with Gasteiger partial charge in [-0.1, -0.05) is 53.7 Å². The maximum absolute atomic E-state index is 11.2. The zero-order chi connectivity index (χ0) is 18.0. The number of aliphatic carboxylic acids is 1. The highest BCUT2D eigenvalue weighted by atomic mass is 32.1. The zero-order valence-electron chi connectivity index (χ0n) is 15.1. The topological polar surface area (TPSA) is 57.5 Å². The van der Waals surface area contributed by atoms with Gasteiger partial charge in [0.15, 0.2) is 0 Å². The number of hydrogen-bond donors (Lipinski definition) is 3. The van der Waals surface area contributed by atoms with Gasteiger partial charge in [-0.3, -0.25) is 4.79 Å². The van der Waals surface area contributed by atoms with Gasteiger partial charge in [0, 0.05) is 0 Å². The Bertz CT molecular complexity index is 530. The highest BCUT2D eigenvalue weighted by Crippen LogP contribution is 2.42. The van der Waals surface area contributed by atoms with Crippen LogP contribution in [0.15, 0.2) is 12.1 Å². The van der Waals surface area contributed by atoms with Crippen molar-refractivity contribution >= 4 is 18.6 Å². The number of phenols is 1. The second-order valence-corrected chi connectivity index (χ2v) is 8.72. The van der Waals surface area contributed by atoms with E-state index in [1.807, 2.05) is 12.1 Å². The van der Waals surface area contributed by atoms with E-state index < -0.39 is 5.97 Å². The number of thiol groups is 1. The van der Waals surface area contributed by atoms with Crippen LogP contribution in [0.3, 0.4) is 0 Å². The lowest BCUT2D eigenvalue weighted by molar-refractivity contribution is -0.137. The molecule has 0 fully saturated rings. The summed E-state index contributed by atoms with van der Waals surface area (Å²) in [5.74, 6) is 0.0649. The molecular formula is C19H30O3S. The molecular weight excluding hydrogens is 308 g/mol. The summed E-state index contributed by atoms with van der Waals surface area (Å²) in [6.07, 6.45) is 0.784. The molecule has 3 nitrogen and oxygen atoms in total. The molecule has 1 aromatic carbocycles. The zero-order valence-corrected chi connectivity index (χ0v) is 16.0. The van der Waals surface area contributed by atoms with E-state index in [-0.39, 0.29) is 23.2 Å². The van der Waals surface area contributed by atoms with Gasteiger partial charge in [0.05, 0.1) is 6.42 Å². The van der Waals surface area contributed by atoms with Crippen LogP contribution in [-0.4, -0.2) is 21.9 Å². The molecule has 0 radical (unpaired) electrons. The fraction of sp³-hybridized carbons (Fsp3) is 0.632. The van der Waals surface area contributed by atoms with Gasteiger partial charge in [-0.15, -0.1) is 0 Å². The fourth-order valence-corrected chi connectivity index (χ4v) is 3.10. The number of phenolic OH excluding ortho intramolecular Hbond substituents is 1. The van der Waals surface area contributed by atoms with Gasteiger partial charge in [0.2, 0.25) is 0 Å². The average Bonchev–Trinajstić information content (AvgIpc) is 2.35. The number of benzene rings is 1. The molecule has 0 heterocycles. The van der Waals surface area contributed by atoms with Crippen LogP contribution in [0, 0.1) is 0 Å². The smallest absolute Gasteiger partial charge is 0.303 e. The Kier molecular flexibility index (Phi) is 6.19. The molecule has 1 unspecified atom stereocenters. The monoisotopic (exact) mass is 338 g/mol. The summed E-state index contributed by atoms with van der Waals surface area (Å²) in [4.78, 5) is 11.2. The average molecular weight is 339 g/mol. The van der Waals surface area contributed by atoms with Gasteiger partial charge in [0.1, 0.15) is 5.75 Å². The number of rotatable bonds is 5. The van der Waals surface area contributed by atoms with E-state index in [4.69, 9.17) is 0 Å². The molecule has 0 spiro atoms. The Hall–Kier alpha value is -1.16. The van der Waals surface area contributed by atoms with Crippen molar-refractivity contribution in [2.24, 2.45) is 0 Å². The van der Waals surface area contributed by atoms with Crippen LogP contribution in [0.5, 0.6) is 5.75 Å². The predicted octanol–water partition coefficient (Wildman–Crippen LogP) is 4.87.